The maximum absolute atomic E-state index is 9.59. The summed E-state index contributed by atoms with van der Waals surface area (Å²) in [4.78, 5) is 0. The summed E-state index contributed by atoms with van der Waals surface area (Å²) in [7, 11) is 0. The van der Waals surface area contributed by atoms with Crippen LogP contribution in [0.4, 0.5) is 0 Å². The number of para-hydroxylation sites is 1. The van der Waals surface area contributed by atoms with Crippen molar-refractivity contribution in [2.45, 2.75) is 13.1 Å². The van der Waals surface area contributed by atoms with Crippen molar-refractivity contribution in [3.05, 3.63) is 64.7 Å². The highest BCUT2D eigenvalue weighted by Crippen LogP contribution is 2.15. The van der Waals surface area contributed by atoms with Gasteiger partial charge in [-0.3, -0.25) is 0 Å². The second-order valence-electron chi connectivity index (χ2n) is 3.86. The number of aromatic hydroxyl groups is 1. The van der Waals surface area contributed by atoms with Gasteiger partial charge in [-0.05, 0) is 23.8 Å². The summed E-state index contributed by atoms with van der Waals surface area (Å²) < 4.78 is 0. The summed E-state index contributed by atoms with van der Waals surface area (Å²) in [6.07, 6.45) is 0. The Hall–Kier alpha value is -1.51. The molecule has 0 aliphatic heterocycles. The molecule has 0 spiro atoms. The summed E-state index contributed by atoms with van der Waals surface area (Å²) in [5.41, 5.74) is 2.03. The van der Waals surface area contributed by atoms with Gasteiger partial charge < -0.3 is 10.4 Å². The molecule has 0 saturated carbocycles. The van der Waals surface area contributed by atoms with Crippen LogP contribution in [-0.2, 0) is 13.1 Å². The van der Waals surface area contributed by atoms with Crippen LogP contribution >= 0.6 is 11.6 Å². The molecule has 0 bridgehead atoms. The maximum Gasteiger partial charge on any atom is 0.120 e. The Morgan fingerprint density at radius 2 is 1.82 bits per heavy atom. The van der Waals surface area contributed by atoms with E-state index in [1.165, 1.54) is 0 Å². The van der Waals surface area contributed by atoms with Crippen LogP contribution in [0, 0.1) is 0 Å². The standard InChI is InChI=1S/C14H14ClNO/c15-13-6-3-4-11(8-13)9-16-10-12-5-1-2-7-14(12)17/h1-8,16-17H,9-10H2. The molecule has 2 aromatic rings. The number of halogens is 1. The van der Waals surface area contributed by atoms with Crippen molar-refractivity contribution in [1.82, 2.24) is 5.32 Å². The predicted molar refractivity (Wildman–Crippen MR) is 70.1 cm³/mol. The Labute approximate surface area is 106 Å². The molecule has 17 heavy (non-hydrogen) atoms. The minimum absolute atomic E-state index is 0.325. The van der Waals surface area contributed by atoms with Gasteiger partial charge in [-0.2, -0.15) is 0 Å². The summed E-state index contributed by atoms with van der Waals surface area (Å²) in [5.74, 6) is 0.325. The molecule has 0 aliphatic rings. The molecule has 0 aromatic heterocycles. The number of benzene rings is 2. The number of phenols is 1. The third-order valence-corrected chi connectivity index (χ3v) is 2.76. The Bertz CT molecular complexity index is 499. The van der Waals surface area contributed by atoms with E-state index >= 15 is 0 Å². The smallest absolute Gasteiger partial charge is 0.120 e. The van der Waals surface area contributed by atoms with E-state index in [1.54, 1.807) is 6.07 Å². The van der Waals surface area contributed by atoms with Crippen LogP contribution < -0.4 is 5.32 Å². The van der Waals surface area contributed by atoms with E-state index in [0.717, 1.165) is 22.7 Å². The van der Waals surface area contributed by atoms with Crippen LogP contribution in [0.3, 0.4) is 0 Å². The average Bonchev–Trinajstić information content (AvgIpc) is 2.32. The average molecular weight is 248 g/mol. The lowest BCUT2D eigenvalue weighted by Gasteiger charge is -2.07. The van der Waals surface area contributed by atoms with E-state index in [-0.39, 0.29) is 0 Å². The normalized spacial score (nSPS) is 10.4. The van der Waals surface area contributed by atoms with Gasteiger partial charge in [0, 0.05) is 23.7 Å². The first kappa shape index (κ1) is 12.0. The number of hydrogen-bond acceptors (Lipinski definition) is 2. The number of phenolic OH excluding ortho intramolecular Hbond substituents is 1. The van der Waals surface area contributed by atoms with Crippen LogP contribution in [0.1, 0.15) is 11.1 Å². The van der Waals surface area contributed by atoms with Crippen molar-refractivity contribution < 1.29 is 5.11 Å². The Balaban J connectivity index is 1.90. The molecule has 0 radical (unpaired) electrons. The number of rotatable bonds is 4. The van der Waals surface area contributed by atoms with Gasteiger partial charge in [-0.1, -0.05) is 41.9 Å². The van der Waals surface area contributed by atoms with Gasteiger partial charge in [-0.25, -0.2) is 0 Å². The molecule has 0 atom stereocenters. The summed E-state index contributed by atoms with van der Waals surface area (Å²) in [6.45, 7) is 1.37. The first-order chi connectivity index (χ1) is 8.25. The van der Waals surface area contributed by atoms with Crippen molar-refractivity contribution in [1.29, 1.82) is 0 Å². The van der Waals surface area contributed by atoms with Crippen molar-refractivity contribution in [3.63, 3.8) is 0 Å². The minimum Gasteiger partial charge on any atom is -0.508 e. The molecule has 2 rings (SSSR count). The molecule has 0 heterocycles. The van der Waals surface area contributed by atoms with E-state index in [2.05, 4.69) is 5.32 Å². The van der Waals surface area contributed by atoms with Gasteiger partial charge in [-0.15, -0.1) is 0 Å². The first-order valence-corrected chi connectivity index (χ1v) is 5.85. The highest BCUT2D eigenvalue weighted by Gasteiger charge is 1.99. The molecule has 0 unspecified atom stereocenters. The molecule has 2 nitrogen and oxygen atoms in total. The maximum atomic E-state index is 9.59. The zero-order valence-electron chi connectivity index (χ0n) is 9.36. The SMILES string of the molecule is Oc1ccccc1CNCc1cccc(Cl)c1. The van der Waals surface area contributed by atoms with E-state index in [4.69, 9.17) is 11.6 Å². The largest absolute Gasteiger partial charge is 0.508 e. The Morgan fingerprint density at radius 3 is 2.59 bits per heavy atom. The quantitative estimate of drug-likeness (QED) is 0.869. The second-order valence-corrected chi connectivity index (χ2v) is 4.30. The molecule has 3 heteroatoms. The molecule has 0 saturated heterocycles. The fraction of sp³-hybridized carbons (Fsp3) is 0.143. The molecular weight excluding hydrogens is 234 g/mol. The number of nitrogens with one attached hydrogen (secondary N) is 1. The molecule has 2 N–H and O–H groups in total. The lowest BCUT2D eigenvalue weighted by molar-refractivity contribution is 0.464. The van der Waals surface area contributed by atoms with Gasteiger partial charge in [0.1, 0.15) is 5.75 Å². The van der Waals surface area contributed by atoms with Crippen LogP contribution in [-0.4, -0.2) is 5.11 Å². The van der Waals surface area contributed by atoms with Gasteiger partial charge in [0.15, 0.2) is 0 Å². The Morgan fingerprint density at radius 1 is 1.00 bits per heavy atom. The zero-order chi connectivity index (χ0) is 12.1. The van der Waals surface area contributed by atoms with Crippen LogP contribution in [0.25, 0.3) is 0 Å². The molecule has 88 valence electrons. The highest BCUT2D eigenvalue weighted by atomic mass is 35.5. The van der Waals surface area contributed by atoms with Gasteiger partial charge in [0.2, 0.25) is 0 Å². The van der Waals surface area contributed by atoms with Gasteiger partial charge in [0.25, 0.3) is 0 Å². The lowest BCUT2D eigenvalue weighted by Crippen LogP contribution is -2.12. The topological polar surface area (TPSA) is 32.3 Å². The predicted octanol–water partition coefficient (Wildman–Crippen LogP) is 3.34. The van der Waals surface area contributed by atoms with E-state index in [0.29, 0.717) is 12.3 Å². The second kappa shape index (κ2) is 5.71. The van der Waals surface area contributed by atoms with Crippen LogP contribution in [0.2, 0.25) is 5.02 Å². The third kappa shape index (κ3) is 3.48. The lowest BCUT2D eigenvalue weighted by atomic mass is 10.2. The van der Waals surface area contributed by atoms with Crippen molar-refractivity contribution >= 4 is 11.6 Å². The fourth-order valence-corrected chi connectivity index (χ4v) is 1.86. The van der Waals surface area contributed by atoms with Gasteiger partial charge >= 0.3 is 0 Å². The molecular formula is C14H14ClNO. The summed E-state index contributed by atoms with van der Waals surface area (Å²) >= 11 is 5.90. The van der Waals surface area contributed by atoms with E-state index < -0.39 is 0 Å². The molecule has 0 fully saturated rings. The number of hydrogen-bond donors (Lipinski definition) is 2. The van der Waals surface area contributed by atoms with Gasteiger partial charge in [0.05, 0.1) is 0 Å². The van der Waals surface area contributed by atoms with E-state index in [1.807, 2.05) is 42.5 Å². The first-order valence-electron chi connectivity index (χ1n) is 5.48. The van der Waals surface area contributed by atoms with Crippen molar-refractivity contribution in [2.75, 3.05) is 0 Å². The van der Waals surface area contributed by atoms with Crippen LogP contribution in [0.5, 0.6) is 5.75 Å². The summed E-state index contributed by atoms with van der Waals surface area (Å²) in [5, 5.41) is 13.6. The molecule has 0 aliphatic carbocycles. The molecule has 2 aromatic carbocycles. The highest BCUT2D eigenvalue weighted by molar-refractivity contribution is 6.30. The minimum atomic E-state index is 0.325. The zero-order valence-corrected chi connectivity index (χ0v) is 10.1. The Kier molecular flexibility index (Phi) is 4.02. The third-order valence-electron chi connectivity index (χ3n) is 2.53. The summed E-state index contributed by atoms with van der Waals surface area (Å²) in [6, 6.07) is 15.1. The van der Waals surface area contributed by atoms with Crippen molar-refractivity contribution in [2.24, 2.45) is 0 Å². The fourth-order valence-electron chi connectivity index (χ4n) is 1.65. The molecule has 0 amide bonds. The van der Waals surface area contributed by atoms with Crippen molar-refractivity contribution in [3.8, 4) is 5.75 Å². The van der Waals surface area contributed by atoms with Crippen LogP contribution in [0.15, 0.2) is 48.5 Å². The monoisotopic (exact) mass is 247 g/mol. The van der Waals surface area contributed by atoms with E-state index in [9.17, 15) is 5.11 Å².